The first kappa shape index (κ1) is 13.3. The van der Waals surface area contributed by atoms with Crippen LogP contribution in [0.2, 0.25) is 15.1 Å². The Morgan fingerprint density at radius 2 is 1.58 bits per heavy atom. The van der Waals surface area contributed by atoms with Gasteiger partial charge in [0.2, 0.25) is 0 Å². The minimum atomic E-state index is -1.28. The van der Waals surface area contributed by atoms with Crippen LogP contribution < -0.4 is 4.90 Å². The Morgan fingerprint density at radius 1 is 0.947 bits per heavy atom. The van der Waals surface area contributed by atoms with Crippen LogP contribution in [0.1, 0.15) is 0 Å². The average molecular weight is 333 g/mol. The summed E-state index contributed by atoms with van der Waals surface area (Å²) in [7, 11) is 0.603. The summed E-state index contributed by atoms with van der Waals surface area (Å²) < 4.78 is 12.6. The molecule has 0 spiro atoms. The van der Waals surface area contributed by atoms with E-state index in [1.165, 1.54) is 0 Å². The van der Waals surface area contributed by atoms with Crippen molar-refractivity contribution < 1.29 is 4.21 Å². The zero-order chi connectivity index (χ0) is 13.7. The first-order valence-corrected chi connectivity index (χ1v) is 7.71. The molecule has 2 aromatic carbocycles. The number of fused-ring (bicyclic) bond motifs is 2. The van der Waals surface area contributed by atoms with Crippen molar-refractivity contribution in [1.82, 2.24) is 0 Å². The lowest BCUT2D eigenvalue weighted by molar-refractivity contribution is 0.682. The first-order valence-electron chi connectivity index (χ1n) is 5.43. The second kappa shape index (κ2) is 4.67. The molecule has 2 aromatic rings. The first-order chi connectivity index (χ1) is 8.99. The Morgan fingerprint density at radius 3 is 2.32 bits per heavy atom. The van der Waals surface area contributed by atoms with Gasteiger partial charge in [-0.1, -0.05) is 34.8 Å². The molecule has 0 aromatic heterocycles. The zero-order valence-corrected chi connectivity index (χ0v) is 12.9. The maximum absolute atomic E-state index is 12.6. The van der Waals surface area contributed by atoms with E-state index in [0.717, 1.165) is 16.3 Å². The fraction of sp³-hybridized carbons (Fsp3) is 0.0769. The topological polar surface area (TPSA) is 20.3 Å². The molecule has 1 aliphatic heterocycles. The van der Waals surface area contributed by atoms with Crippen LogP contribution in [0.25, 0.3) is 0 Å². The van der Waals surface area contributed by atoms with E-state index >= 15 is 0 Å². The van der Waals surface area contributed by atoms with Crippen LogP contribution in [0.5, 0.6) is 0 Å². The van der Waals surface area contributed by atoms with Crippen molar-refractivity contribution in [1.29, 1.82) is 0 Å². The van der Waals surface area contributed by atoms with Gasteiger partial charge in [0, 0.05) is 12.1 Å². The number of hydrogen-bond acceptors (Lipinski definition) is 2. The molecular formula is C13H8Cl3NOS. The summed E-state index contributed by atoms with van der Waals surface area (Å²) in [6, 6.07) is 8.68. The van der Waals surface area contributed by atoms with Gasteiger partial charge in [-0.05, 0) is 30.3 Å². The van der Waals surface area contributed by atoms with E-state index in [-0.39, 0.29) is 0 Å². The largest absolute Gasteiger partial charge is 0.343 e. The highest BCUT2D eigenvalue weighted by molar-refractivity contribution is 7.85. The van der Waals surface area contributed by atoms with Crippen LogP contribution >= 0.6 is 34.8 Å². The van der Waals surface area contributed by atoms with Gasteiger partial charge in [0.05, 0.1) is 42.0 Å². The monoisotopic (exact) mass is 331 g/mol. The summed E-state index contributed by atoms with van der Waals surface area (Å²) in [5.74, 6) is 0. The van der Waals surface area contributed by atoms with Gasteiger partial charge in [-0.2, -0.15) is 0 Å². The molecule has 98 valence electrons. The molecule has 1 aliphatic rings. The summed E-state index contributed by atoms with van der Waals surface area (Å²) in [5.41, 5.74) is 1.60. The van der Waals surface area contributed by atoms with Gasteiger partial charge in [-0.25, -0.2) is 4.21 Å². The number of halogens is 3. The van der Waals surface area contributed by atoms with Crippen LogP contribution in [-0.2, 0) is 10.8 Å². The second-order valence-corrected chi connectivity index (χ2v) is 6.84. The molecule has 1 atom stereocenters. The SMILES string of the molecule is CN1c2cc(Cl)ccc2S(=O)c2cc(Cl)c(Cl)cc21. The Labute approximate surface area is 128 Å². The summed E-state index contributed by atoms with van der Waals surface area (Å²) in [6.07, 6.45) is 0. The van der Waals surface area contributed by atoms with E-state index in [4.69, 9.17) is 34.8 Å². The Kier molecular flexibility index (Phi) is 3.26. The lowest BCUT2D eigenvalue weighted by atomic mass is 10.2. The maximum atomic E-state index is 12.6. The second-order valence-electron chi connectivity index (χ2n) is 4.17. The van der Waals surface area contributed by atoms with E-state index in [0.29, 0.717) is 20.0 Å². The molecule has 0 fully saturated rings. The normalized spacial score (nSPS) is 17.1. The molecule has 19 heavy (non-hydrogen) atoms. The molecule has 1 heterocycles. The van der Waals surface area contributed by atoms with Crippen LogP contribution in [0.4, 0.5) is 11.4 Å². The number of hydrogen-bond donors (Lipinski definition) is 0. The molecule has 3 rings (SSSR count). The van der Waals surface area contributed by atoms with Crippen LogP contribution in [0.15, 0.2) is 40.1 Å². The van der Waals surface area contributed by atoms with Crippen LogP contribution in [-0.4, -0.2) is 11.3 Å². The molecule has 0 amide bonds. The maximum Gasteiger partial charge on any atom is 0.0892 e. The van der Waals surface area contributed by atoms with E-state index in [1.54, 1.807) is 30.3 Å². The number of benzene rings is 2. The van der Waals surface area contributed by atoms with Gasteiger partial charge in [0.1, 0.15) is 0 Å². The molecule has 0 saturated carbocycles. The average Bonchev–Trinajstić information content (AvgIpc) is 2.38. The molecule has 0 saturated heterocycles. The van der Waals surface area contributed by atoms with E-state index in [2.05, 4.69) is 0 Å². The number of rotatable bonds is 0. The lowest BCUT2D eigenvalue weighted by Gasteiger charge is -2.29. The quantitative estimate of drug-likeness (QED) is 0.684. The van der Waals surface area contributed by atoms with E-state index in [9.17, 15) is 4.21 Å². The smallest absolute Gasteiger partial charge is 0.0892 e. The molecule has 0 aliphatic carbocycles. The fourth-order valence-corrected chi connectivity index (χ4v) is 4.06. The molecule has 1 unspecified atom stereocenters. The van der Waals surface area contributed by atoms with Crippen LogP contribution in [0, 0.1) is 0 Å². The predicted molar refractivity (Wildman–Crippen MR) is 80.7 cm³/mol. The Balaban J connectivity index is 2.29. The van der Waals surface area contributed by atoms with Gasteiger partial charge in [-0.3, -0.25) is 0 Å². The third kappa shape index (κ3) is 2.05. The Bertz CT molecular complexity index is 717. The van der Waals surface area contributed by atoms with Gasteiger partial charge < -0.3 is 4.90 Å². The summed E-state index contributed by atoms with van der Waals surface area (Å²) in [4.78, 5) is 3.30. The highest BCUT2D eigenvalue weighted by atomic mass is 35.5. The van der Waals surface area contributed by atoms with Gasteiger partial charge in [0.25, 0.3) is 0 Å². The minimum absolute atomic E-state index is 0.402. The summed E-state index contributed by atoms with van der Waals surface area (Å²) >= 11 is 18.0. The highest BCUT2D eigenvalue weighted by Crippen LogP contribution is 2.44. The van der Waals surface area contributed by atoms with Crippen molar-refractivity contribution in [2.75, 3.05) is 11.9 Å². The van der Waals surface area contributed by atoms with E-state index < -0.39 is 10.8 Å². The molecule has 0 radical (unpaired) electrons. The molecule has 2 nitrogen and oxygen atoms in total. The van der Waals surface area contributed by atoms with Gasteiger partial charge >= 0.3 is 0 Å². The van der Waals surface area contributed by atoms with Crippen molar-refractivity contribution in [3.05, 3.63) is 45.4 Å². The Hall–Kier alpha value is -0.740. The van der Waals surface area contributed by atoms with Crippen LogP contribution in [0.3, 0.4) is 0 Å². The highest BCUT2D eigenvalue weighted by Gasteiger charge is 2.27. The number of nitrogens with zero attached hydrogens (tertiary/aromatic N) is 1. The molecule has 6 heteroatoms. The molecule has 0 N–H and O–H groups in total. The summed E-state index contributed by atoms with van der Waals surface area (Å²) in [6.45, 7) is 0. The number of anilines is 2. The van der Waals surface area contributed by atoms with Gasteiger partial charge in [-0.15, -0.1) is 0 Å². The van der Waals surface area contributed by atoms with Crippen molar-refractivity contribution >= 4 is 57.0 Å². The molecular weight excluding hydrogens is 325 g/mol. The van der Waals surface area contributed by atoms with Gasteiger partial charge in [0.15, 0.2) is 0 Å². The van der Waals surface area contributed by atoms with Crippen molar-refractivity contribution in [2.24, 2.45) is 0 Å². The van der Waals surface area contributed by atoms with Crippen molar-refractivity contribution in [3.63, 3.8) is 0 Å². The molecule has 0 bridgehead atoms. The van der Waals surface area contributed by atoms with Crippen molar-refractivity contribution in [3.8, 4) is 0 Å². The van der Waals surface area contributed by atoms with Crippen molar-refractivity contribution in [2.45, 2.75) is 9.79 Å². The standard InChI is InChI=1S/C13H8Cl3NOS/c1-17-10-4-7(14)2-3-12(10)19(18)13-6-9(16)8(15)5-11(13)17/h2-6H,1H3. The predicted octanol–water partition coefficient (Wildman–Crippen LogP) is 4.89. The third-order valence-electron chi connectivity index (χ3n) is 3.05. The minimum Gasteiger partial charge on any atom is -0.343 e. The fourth-order valence-electron chi connectivity index (χ4n) is 2.09. The third-order valence-corrected chi connectivity index (χ3v) is 5.47. The lowest BCUT2D eigenvalue weighted by Crippen LogP contribution is -2.19. The van der Waals surface area contributed by atoms with E-state index in [1.807, 2.05) is 11.9 Å². The zero-order valence-electron chi connectivity index (χ0n) is 9.78. The summed E-state index contributed by atoms with van der Waals surface area (Å²) in [5, 5.41) is 1.44.